The molecule has 0 aliphatic carbocycles. The number of rotatable bonds is 6. The molecule has 5 nitrogen and oxygen atoms in total. The fourth-order valence-electron chi connectivity index (χ4n) is 1.48. The molecule has 110 valence electrons. The van der Waals surface area contributed by atoms with E-state index in [-0.39, 0.29) is 6.61 Å². The molecule has 1 aromatic carbocycles. The van der Waals surface area contributed by atoms with E-state index in [1.54, 1.807) is 6.07 Å². The molecule has 0 bridgehead atoms. The summed E-state index contributed by atoms with van der Waals surface area (Å²) in [4.78, 5) is 22.1. The van der Waals surface area contributed by atoms with Gasteiger partial charge in [-0.05, 0) is 46.5 Å². The molecular weight excluding hydrogens is 326 g/mol. The van der Waals surface area contributed by atoms with Crippen molar-refractivity contribution in [3.8, 4) is 5.75 Å². The second kappa shape index (κ2) is 7.28. The third kappa shape index (κ3) is 4.85. The number of aliphatic carboxylic acids is 1. The molecule has 2 N–H and O–H groups in total. The zero-order chi connectivity index (χ0) is 15.3. The van der Waals surface area contributed by atoms with Crippen LogP contribution < -0.4 is 10.1 Å². The highest BCUT2D eigenvalue weighted by Gasteiger charge is 2.14. The lowest BCUT2D eigenvalue weighted by atomic mass is 10.0. The van der Waals surface area contributed by atoms with Crippen molar-refractivity contribution in [1.82, 2.24) is 5.32 Å². The Morgan fingerprint density at radius 1 is 1.35 bits per heavy atom. The molecule has 0 aromatic heterocycles. The van der Waals surface area contributed by atoms with Crippen LogP contribution in [0.4, 0.5) is 0 Å². The minimum atomic E-state index is -1.08. The van der Waals surface area contributed by atoms with E-state index in [4.69, 9.17) is 9.84 Å². The van der Waals surface area contributed by atoms with Gasteiger partial charge in [-0.15, -0.1) is 0 Å². The second-order valence-corrected chi connectivity index (χ2v) is 5.62. The first-order chi connectivity index (χ1) is 9.31. The molecule has 1 unspecified atom stereocenters. The van der Waals surface area contributed by atoms with Crippen LogP contribution in [0.1, 0.15) is 32.3 Å². The molecule has 0 aliphatic heterocycles. The molecule has 0 aliphatic rings. The maximum atomic E-state index is 11.5. The van der Waals surface area contributed by atoms with Gasteiger partial charge in [-0.25, -0.2) is 0 Å². The van der Waals surface area contributed by atoms with Gasteiger partial charge in [-0.3, -0.25) is 9.59 Å². The van der Waals surface area contributed by atoms with Crippen LogP contribution >= 0.6 is 15.9 Å². The van der Waals surface area contributed by atoms with E-state index in [0.717, 1.165) is 10.0 Å². The van der Waals surface area contributed by atoms with Crippen molar-refractivity contribution >= 4 is 27.8 Å². The fraction of sp³-hybridized carbons (Fsp3) is 0.429. The number of halogens is 1. The second-order valence-electron chi connectivity index (χ2n) is 4.76. The maximum absolute atomic E-state index is 11.5. The molecule has 1 aromatic rings. The van der Waals surface area contributed by atoms with Gasteiger partial charge in [0.1, 0.15) is 11.8 Å². The quantitative estimate of drug-likeness (QED) is 0.832. The van der Waals surface area contributed by atoms with E-state index >= 15 is 0 Å². The van der Waals surface area contributed by atoms with Gasteiger partial charge in [0.15, 0.2) is 6.61 Å². The van der Waals surface area contributed by atoms with Crippen molar-refractivity contribution in [1.29, 1.82) is 0 Å². The molecular formula is C14H18BrNO4. The average Bonchev–Trinajstić information content (AvgIpc) is 2.36. The zero-order valence-electron chi connectivity index (χ0n) is 11.6. The highest BCUT2D eigenvalue weighted by Crippen LogP contribution is 2.28. The number of nitrogens with one attached hydrogen (secondary N) is 1. The maximum Gasteiger partial charge on any atom is 0.325 e. The molecule has 1 atom stereocenters. The first-order valence-electron chi connectivity index (χ1n) is 6.25. The molecule has 0 heterocycles. The molecule has 0 saturated carbocycles. The largest absolute Gasteiger partial charge is 0.483 e. The number of carbonyl (C=O) groups is 2. The molecule has 0 spiro atoms. The molecule has 0 radical (unpaired) electrons. The van der Waals surface area contributed by atoms with Crippen molar-refractivity contribution in [2.45, 2.75) is 32.7 Å². The average molecular weight is 344 g/mol. The van der Waals surface area contributed by atoms with Crippen LogP contribution in [0.5, 0.6) is 5.75 Å². The Kier molecular flexibility index (Phi) is 6.01. The summed E-state index contributed by atoms with van der Waals surface area (Å²) in [6, 6.07) is 4.73. The van der Waals surface area contributed by atoms with E-state index < -0.39 is 17.9 Å². The molecule has 0 saturated heterocycles. The fourth-order valence-corrected chi connectivity index (χ4v) is 1.99. The number of carboxylic acids is 1. The van der Waals surface area contributed by atoms with Gasteiger partial charge in [0.2, 0.25) is 0 Å². The van der Waals surface area contributed by atoms with Crippen LogP contribution in [0.3, 0.4) is 0 Å². The lowest BCUT2D eigenvalue weighted by Crippen LogP contribution is -2.40. The number of amides is 1. The highest BCUT2D eigenvalue weighted by atomic mass is 79.9. The Bertz CT molecular complexity index is 502. The Morgan fingerprint density at radius 2 is 2.00 bits per heavy atom. The van der Waals surface area contributed by atoms with E-state index in [1.165, 1.54) is 6.92 Å². The summed E-state index contributed by atoms with van der Waals surface area (Å²) >= 11 is 3.39. The minimum Gasteiger partial charge on any atom is -0.483 e. The summed E-state index contributed by atoms with van der Waals surface area (Å²) in [5.41, 5.74) is 1.16. The summed E-state index contributed by atoms with van der Waals surface area (Å²) in [5, 5.41) is 11.0. The van der Waals surface area contributed by atoms with Crippen LogP contribution in [0.25, 0.3) is 0 Å². The van der Waals surface area contributed by atoms with Crippen molar-refractivity contribution in [2.24, 2.45) is 0 Å². The van der Waals surface area contributed by atoms with Gasteiger partial charge in [0, 0.05) is 0 Å². The molecule has 1 rings (SSSR count). The van der Waals surface area contributed by atoms with Gasteiger partial charge < -0.3 is 15.2 Å². The predicted octanol–water partition coefficient (Wildman–Crippen LogP) is 2.54. The van der Waals surface area contributed by atoms with Crippen LogP contribution in [0, 0.1) is 0 Å². The number of carbonyl (C=O) groups excluding carboxylic acids is 1. The lowest BCUT2D eigenvalue weighted by molar-refractivity contribution is -0.141. The first kappa shape index (κ1) is 16.5. The van der Waals surface area contributed by atoms with Crippen molar-refractivity contribution < 1.29 is 19.4 Å². The normalized spacial score (nSPS) is 12.1. The topological polar surface area (TPSA) is 75.6 Å². The Hall–Kier alpha value is -1.56. The summed E-state index contributed by atoms with van der Waals surface area (Å²) in [5.74, 6) is -0.604. The standard InChI is InChI=1S/C14H18BrNO4/c1-8(2)10-4-5-12(11(15)6-10)20-7-13(17)16-9(3)14(18)19/h4-6,8-9H,7H2,1-3H3,(H,16,17)(H,18,19). The number of hydrogen-bond donors (Lipinski definition) is 2. The highest BCUT2D eigenvalue weighted by molar-refractivity contribution is 9.10. The van der Waals surface area contributed by atoms with E-state index in [1.807, 2.05) is 12.1 Å². The lowest BCUT2D eigenvalue weighted by Gasteiger charge is -2.12. The summed E-state index contributed by atoms with van der Waals surface area (Å²) < 4.78 is 6.13. The Balaban J connectivity index is 2.58. The summed E-state index contributed by atoms with van der Waals surface area (Å²) in [6.45, 7) is 5.34. The van der Waals surface area contributed by atoms with E-state index in [9.17, 15) is 9.59 Å². The van der Waals surface area contributed by atoms with Gasteiger partial charge in [-0.1, -0.05) is 19.9 Å². The number of carboxylic acid groups (broad SMARTS) is 1. The summed E-state index contributed by atoms with van der Waals surface area (Å²) in [6.07, 6.45) is 0. The van der Waals surface area contributed by atoms with E-state index in [2.05, 4.69) is 35.1 Å². The minimum absolute atomic E-state index is 0.225. The molecule has 6 heteroatoms. The number of hydrogen-bond acceptors (Lipinski definition) is 3. The van der Waals surface area contributed by atoms with Crippen LogP contribution in [0.2, 0.25) is 0 Å². The van der Waals surface area contributed by atoms with E-state index in [0.29, 0.717) is 11.7 Å². The number of benzene rings is 1. The van der Waals surface area contributed by atoms with Crippen LogP contribution in [-0.4, -0.2) is 29.6 Å². The third-order valence-electron chi connectivity index (χ3n) is 2.73. The molecule has 20 heavy (non-hydrogen) atoms. The molecule has 0 fully saturated rings. The van der Waals surface area contributed by atoms with Gasteiger partial charge in [0.25, 0.3) is 5.91 Å². The third-order valence-corrected chi connectivity index (χ3v) is 3.35. The molecule has 1 amide bonds. The van der Waals surface area contributed by atoms with Gasteiger partial charge >= 0.3 is 5.97 Å². The van der Waals surface area contributed by atoms with Crippen LogP contribution in [0.15, 0.2) is 22.7 Å². The van der Waals surface area contributed by atoms with Crippen molar-refractivity contribution in [3.63, 3.8) is 0 Å². The first-order valence-corrected chi connectivity index (χ1v) is 7.05. The van der Waals surface area contributed by atoms with Crippen LogP contribution in [-0.2, 0) is 9.59 Å². The smallest absolute Gasteiger partial charge is 0.325 e. The SMILES string of the molecule is CC(NC(=O)COc1ccc(C(C)C)cc1Br)C(=O)O. The Morgan fingerprint density at radius 3 is 2.50 bits per heavy atom. The van der Waals surface area contributed by atoms with Gasteiger partial charge in [-0.2, -0.15) is 0 Å². The summed E-state index contributed by atoms with van der Waals surface area (Å²) in [7, 11) is 0. The van der Waals surface area contributed by atoms with Crippen molar-refractivity contribution in [2.75, 3.05) is 6.61 Å². The Labute approximate surface area is 126 Å². The van der Waals surface area contributed by atoms with Crippen molar-refractivity contribution in [3.05, 3.63) is 28.2 Å². The zero-order valence-corrected chi connectivity index (χ0v) is 13.2. The number of ether oxygens (including phenoxy) is 1. The van der Waals surface area contributed by atoms with Gasteiger partial charge in [0.05, 0.1) is 4.47 Å². The predicted molar refractivity (Wildman–Crippen MR) is 79.0 cm³/mol. The monoisotopic (exact) mass is 343 g/mol.